The Morgan fingerprint density at radius 2 is 1.88 bits per heavy atom. The highest BCUT2D eigenvalue weighted by Crippen LogP contribution is 2.43. The third-order valence-corrected chi connectivity index (χ3v) is 5.75. The smallest absolute Gasteiger partial charge is 0.305 e. The summed E-state index contributed by atoms with van der Waals surface area (Å²) in [5.74, 6) is -0.917. The molecule has 0 saturated heterocycles. The molecule has 5 nitrogen and oxygen atoms in total. The molecule has 0 saturated carbocycles. The van der Waals surface area contributed by atoms with Gasteiger partial charge in [-0.15, -0.1) is 0 Å². The van der Waals surface area contributed by atoms with Crippen molar-refractivity contribution < 1.29 is 28.9 Å². The van der Waals surface area contributed by atoms with Gasteiger partial charge in [0.05, 0.1) is 18.6 Å². The first-order chi connectivity index (χ1) is 15.1. The van der Waals surface area contributed by atoms with Gasteiger partial charge < -0.3 is 19.7 Å². The van der Waals surface area contributed by atoms with Crippen molar-refractivity contribution in [3.8, 4) is 11.1 Å². The van der Waals surface area contributed by atoms with Crippen LogP contribution in [0.5, 0.6) is 0 Å². The summed E-state index contributed by atoms with van der Waals surface area (Å²) in [6.45, 7) is 5.95. The highest BCUT2D eigenvalue weighted by Gasteiger charge is 2.22. The number of aliphatic carboxylic acids is 1. The number of carboxylic acid groups (broad SMARTS) is 1. The van der Waals surface area contributed by atoms with Crippen LogP contribution in [-0.2, 0) is 4.79 Å². The number of hydrogen-bond acceptors (Lipinski definition) is 4. The quantitative estimate of drug-likeness (QED) is 0.388. The molecule has 1 heterocycles. The summed E-state index contributed by atoms with van der Waals surface area (Å²) in [5.41, 5.74) is 3.87. The van der Waals surface area contributed by atoms with Gasteiger partial charge in [-0.3, -0.25) is 4.79 Å². The predicted octanol–water partition coefficient (Wildman–Crippen LogP) is 5.92. The summed E-state index contributed by atoms with van der Waals surface area (Å²) in [6.07, 6.45) is 0.208. The molecule has 2 atom stereocenters. The zero-order chi connectivity index (χ0) is 23.6. The summed E-state index contributed by atoms with van der Waals surface area (Å²) < 4.78 is 19.8. The number of hydrogen-bond donors (Lipinski definition) is 3. The van der Waals surface area contributed by atoms with Gasteiger partial charge in [-0.1, -0.05) is 43.7 Å². The van der Waals surface area contributed by atoms with Crippen LogP contribution in [-0.4, -0.2) is 33.5 Å². The van der Waals surface area contributed by atoms with Gasteiger partial charge >= 0.3 is 5.97 Å². The number of fused-ring (bicyclic) bond motifs is 1. The molecule has 3 N–H and O–H groups in total. The zero-order valence-electron chi connectivity index (χ0n) is 18.1. The van der Waals surface area contributed by atoms with E-state index in [1.807, 2.05) is 26.8 Å². The minimum atomic E-state index is -1.17. The first kappa shape index (κ1) is 24.0. The normalized spacial score (nSPS) is 13.9. The summed E-state index contributed by atoms with van der Waals surface area (Å²) >= 11 is 6.52. The van der Waals surface area contributed by atoms with E-state index in [0.29, 0.717) is 16.4 Å². The molecule has 0 fully saturated rings. The summed E-state index contributed by atoms with van der Waals surface area (Å²) in [6, 6.07) is 7.91. The van der Waals surface area contributed by atoms with E-state index in [1.165, 1.54) is 18.2 Å². The molecular formula is C25H26ClFO5. The Morgan fingerprint density at radius 1 is 1.22 bits per heavy atom. The number of aryl methyl sites for hydroxylation is 1. The van der Waals surface area contributed by atoms with Crippen molar-refractivity contribution >= 4 is 34.6 Å². The van der Waals surface area contributed by atoms with Crippen molar-refractivity contribution in [3.05, 3.63) is 64.1 Å². The number of halogens is 2. The molecule has 0 amide bonds. The van der Waals surface area contributed by atoms with E-state index in [2.05, 4.69) is 0 Å². The highest BCUT2D eigenvalue weighted by atomic mass is 35.5. The van der Waals surface area contributed by atoms with Crippen molar-refractivity contribution in [1.82, 2.24) is 0 Å². The van der Waals surface area contributed by atoms with Crippen LogP contribution in [0.4, 0.5) is 4.39 Å². The van der Waals surface area contributed by atoms with Crippen molar-refractivity contribution in [2.24, 2.45) is 0 Å². The molecule has 0 unspecified atom stereocenters. The first-order valence-corrected chi connectivity index (χ1v) is 10.7. The standard InChI is InChI=1S/C25H26ClFO5/c1-13(2)19-12-20(26)14(3)23-24(15-4-6-16(27)7-5-15)21(32-25(19)23)9-8-17(28)10-18(29)11-22(30)31/h4-9,12-13,17-18,28-29H,10-11H2,1-3H3,(H,30,31)/t17-,18-/m1/s1. The van der Waals surface area contributed by atoms with Crippen molar-refractivity contribution in [3.63, 3.8) is 0 Å². The molecule has 32 heavy (non-hydrogen) atoms. The molecule has 0 aliphatic heterocycles. The zero-order valence-corrected chi connectivity index (χ0v) is 18.9. The van der Waals surface area contributed by atoms with Gasteiger partial charge in [0.15, 0.2) is 0 Å². The number of carbonyl (C=O) groups is 1. The number of carboxylic acids is 1. The molecule has 0 aliphatic rings. The number of aliphatic hydroxyl groups is 2. The molecule has 1 aromatic heterocycles. The summed E-state index contributed by atoms with van der Waals surface area (Å²) in [4.78, 5) is 10.7. The third-order valence-electron chi connectivity index (χ3n) is 5.36. The highest BCUT2D eigenvalue weighted by molar-refractivity contribution is 6.32. The summed E-state index contributed by atoms with van der Waals surface area (Å²) in [5, 5.41) is 30.2. The Bertz CT molecular complexity index is 1150. The van der Waals surface area contributed by atoms with Crippen LogP contribution in [0.3, 0.4) is 0 Å². The molecule has 0 bridgehead atoms. The molecule has 170 valence electrons. The van der Waals surface area contributed by atoms with E-state index in [0.717, 1.165) is 27.6 Å². The van der Waals surface area contributed by atoms with E-state index in [1.54, 1.807) is 18.2 Å². The molecular weight excluding hydrogens is 435 g/mol. The van der Waals surface area contributed by atoms with Crippen LogP contribution in [0.15, 0.2) is 40.8 Å². The molecule has 3 rings (SSSR count). The van der Waals surface area contributed by atoms with Crippen LogP contribution in [0.2, 0.25) is 5.02 Å². The van der Waals surface area contributed by atoms with E-state index in [9.17, 15) is 19.4 Å². The average molecular weight is 461 g/mol. The lowest BCUT2D eigenvalue weighted by Crippen LogP contribution is -2.19. The van der Waals surface area contributed by atoms with Crippen LogP contribution in [0.1, 0.15) is 49.5 Å². The van der Waals surface area contributed by atoms with Gasteiger partial charge in [0, 0.05) is 22.4 Å². The number of furan rings is 1. The predicted molar refractivity (Wildman–Crippen MR) is 123 cm³/mol. The topological polar surface area (TPSA) is 90.9 Å². The Hall–Kier alpha value is -2.67. The Labute approximate surface area is 190 Å². The Morgan fingerprint density at radius 3 is 2.47 bits per heavy atom. The van der Waals surface area contributed by atoms with Gasteiger partial charge in [-0.2, -0.15) is 0 Å². The van der Waals surface area contributed by atoms with E-state index in [-0.39, 0.29) is 18.2 Å². The summed E-state index contributed by atoms with van der Waals surface area (Å²) in [7, 11) is 0. The first-order valence-electron chi connectivity index (χ1n) is 10.4. The molecule has 0 spiro atoms. The fourth-order valence-corrected chi connectivity index (χ4v) is 3.94. The monoisotopic (exact) mass is 460 g/mol. The largest absolute Gasteiger partial charge is 0.481 e. The number of rotatable bonds is 8. The molecule has 0 radical (unpaired) electrons. The molecule has 7 heteroatoms. The second kappa shape index (κ2) is 9.86. The fraction of sp³-hybridized carbons (Fsp3) is 0.320. The van der Waals surface area contributed by atoms with Crippen LogP contribution >= 0.6 is 11.6 Å². The van der Waals surface area contributed by atoms with Gasteiger partial charge in [0.2, 0.25) is 0 Å². The number of aliphatic hydroxyl groups excluding tert-OH is 2. The van der Waals surface area contributed by atoms with Gasteiger partial charge in [0.1, 0.15) is 17.2 Å². The Balaban J connectivity index is 2.13. The van der Waals surface area contributed by atoms with Crippen molar-refractivity contribution in [1.29, 1.82) is 0 Å². The lowest BCUT2D eigenvalue weighted by atomic mass is 9.93. The van der Waals surface area contributed by atoms with Crippen molar-refractivity contribution in [2.45, 2.75) is 51.7 Å². The third kappa shape index (κ3) is 5.21. The lowest BCUT2D eigenvalue weighted by molar-refractivity contribution is -0.139. The van der Waals surface area contributed by atoms with Gasteiger partial charge in [0.25, 0.3) is 0 Å². The molecule has 0 aliphatic carbocycles. The minimum Gasteiger partial charge on any atom is -0.481 e. The maximum atomic E-state index is 13.6. The van der Waals surface area contributed by atoms with E-state index < -0.39 is 24.6 Å². The maximum Gasteiger partial charge on any atom is 0.305 e. The minimum absolute atomic E-state index is 0.128. The van der Waals surface area contributed by atoms with Crippen LogP contribution < -0.4 is 0 Å². The average Bonchev–Trinajstić information content (AvgIpc) is 3.08. The second-order valence-electron chi connectivity index (χ2n) is 8.19. The van der Waals surface area contributed by atoms with Crippen LogP contribution in [0.25, 0.3) is 28.2 Å². The van der Waals surface area contributed by atoms with Gasteiger partial charge in [-0.25, -0.2) is 4.39 Å². The van der Waals surface area contributed by atoms with Gasteiger partial charge in [-0.05, 0) is 53.8 Å². The maximum absolute atomic E-state index is 13.6. The number of benzene rings is 2. The SMILES string of the molecule is Cc1c(Cl)cc(C(C)C)c2oc(C=C[C@@H](O)C[C@@H](O)CC(=O)O)c(-c3ccc(F)cc3)c12. The Kier molecular flexibility index (Phi) is 7.39. The van der Waals surface area contributed by atoms with Crippen LogP contribution in [0, 0.1) is 12.7 Å². The van der Waals surface area contributed by atoms with E-state index in [4.69, 9.17) is 21.1 Å². The molecule has 2 aromatic carbocycles. The second-order valence-corrected chi connectivity index (χ2v) is 8.60. The lowest BCUT2D eigenvalue weighted by Gasteiger charge is -2.11. The van der Waals surface area contributed by atoms with Crippen molar-refractivity contribution in [2.75, 3.05) is 0 Å². The van der Waals surface area contributed by atoms with E-state index >= 15 is 0 Å². The fourth-order valence-electron chi connectivity index (χ4n) is 3.73. The molecule has 3 aromatic rings.